The van der Waals surface area contributed by atoms with Crippen molar-refractivity contribution in [1.82, 2.24) is 15.4 Å². The number of rotatable bonds is 1. The summed E-state index contributed by atoms with van der Waals surface area (Å²) in [6.45, 7) is 7.57. The summed E-state index contributed by atoms with van der Waals surface area (Å²) in [5.41, 5.74) is -0.950. The van der Waals surface area contributed by atoms with Crippen molar-refractivity contribution in [2.75, 3.05) is 7.05 Å². The summed E-state index contributed by atoms with van der Waals surface area (Å²) >= 11 is 0. The van der Waals surface area contributed by atoms with Gasteiger partial charge in [0.1, 0.15) is 0 Å². The predicted octanol–water partition coefficient (Wildman–Crippen LogP) is -0.154. The van der Waals surface area contributed by atoms with Gasteiger partial charge in [-0.05, 0) is 40.5 Å². The van der Waals surface area contributed by atoms with E-state index in [9.17, 15) is 14.8 Å². The van der Waals surface area contributed by atoms with E-state index in [1.807, 2.05) is 27.7 Å². The van der Waals surface area contributed by atoms with E-state index in [0.717, 1.165) is 5.01 Å². The van der Waals surface area contributed by atoms with Crippen molar-refractivity contribution in [3.8, 4) is 0 Å². The second kappa shape index (κ2) is 5.07. The van der Waals surface area contributed by atoms with Gasteiger partial charge in [-0.15, -0.1) is 0 Å². The lowest BCUT2D eigenvalue weighted by molar-refractivity contribution is -0.246. The van der Waals surface area contributed by atoms with Crippen LogP contribution in [0.1, 0.15) is 40.5 Å². The lowest BCUT2D eigenvalue weighted by atomic mass is 9.79. The Morgan fingerprint density at radius 3 is 2.05 bits per heavy atom. The largest absolute Gasteiger partial charge is 0.345 e. The second-order valence-electron chi connectivity index (χ2n) is 6.43. The molecule has 1 aliphatic rings. The van der Waals surface area contributed by atoms with E-state index in [2.05, 4.69) is 5.32 Å². The minimum Gasteiger partial charge on any atom is -0.345 e. The van der Waals surface area contributed by atoms with Crippen LogP contribution < -0.4 is 11.2 Å². The van der Waals surface area contributed by atoms with Crippen LogP contribution in [0, 0.1) is 0 Å². The Balaban J connectivity index is 2.76. The van der Waals surface area contributed by atoms with Gasteiger partial charge < -0.3 is 10.5 Å². The van der Waals surface area contributed by atoms with Crippen LogP contribution in [-0.2, 0) is 9.59 Å². The molecule has 0 unspecified atom stereocenters. The number of carbonyl (C=O) groups is 2. The lowest BCUT2D eigenvalue weighted by Gasteiger charge is -2.51. The highest BCUT2D eigenvalue weighted by atomic mass is 16.5. The smallest absolute Gasteiger partial charge is 0.325 e. The van der Waals surface area contributed by atoms with Gasteiger partial charge in [-0.3, -0.25) is 14.6 Å². The van der Waals surface area contributed by atoms with E-state index in [1.165, 1.54) is 12.1 Å². The van der Waals surface area contributed by atoms with E-state index in [0.29, 0.717) is 12.8 Å². The van der Waals surface area contributed by atoms with Crippen molar-refractivity contribution < 1.29 is 14.8 Å². The topological polar surface area (TPSA) is 98.9 Å². The summed E-state index contributed by atoms with van der Waals surface area (Å²) in [6.07, 6.45) is 1.11. The number of hydrazine groups is 1. The average Bonchev–Trinajstić information content (AvgIpc) is 2.23. The highest BCUT2D eigenvalue weighted by Crippen LogP contribution is 2.36. The van der Waals surface area contributed by atoms with E-state index in [1.54, 1.807) is 0 Å². The molecule has 1 heterocycles. The molecular formula is C12H24N4O3. The molecular weight excluding hydrogens is 248 g/mol. The SMILES string of the molecule is CN(N)C(=O)C(=O)NC1CC(C)(C)N(O)C(C)(C)C1. The average molecular weight is 272 g/mol. The number of hydrogen-bond acceptors (Lipinski definition) is 5. The molecule has 1 rings (SSSR count). The fourth-order valence-corrected chi connectivity index (χ4v) is 2.78. The van der Waals surface area contributed by atoms with E-state index >= 15 is 0 Å². The molecule has 1 fully saturated rings. The van der Waals surface area contributed by atoms with Gasteiger partial charge in [0.15, 0.2) is 0 Å². The van der Waals surface area contributed by atoms with Crippen LogP contribution in [-0.4, -0.2) is 51.3 Å². The van der Waals surface area contributed by atoms with Crippen LogP contribution in [0.3, 0.4) is 0 Å². The van der Waals surface area contributed by atoms with Gasteiger partial charge in [-0.1, -0.05) is 0 Å². The van der Waals surface area contributed by atoms with Crippen molar-refractivity contribution in [2.24, 2.45) is 5.84 Å². The Kier molecular flexibility index (Phi) is 4.23. The van der Waals surface area contributed by atoms with Gasteiger partial charge in [0.2, 0.25) is 0 Å². The normalized spacial score (nSPS) is 22.9. The van der Waals surface area contributed by atoms with Gasteiger partial charge in [0.05, 0.1) is 0 Å². The molecule has 19 heavy (non-hydrogen) atoms. The standard InChI is InChI=1S/C12H24N4O3/c1-11(2)6-8(7-12(3,4)16(11)19)14-9(17)10(18)15(5)13/h8,19H,6-7,13H2,1-5H3,(H,14,17). The molecule has 0 atom stereocenters. The third-order valence-electron chi connectivity index (χ3n) is 3.49. The molecule has 0 aliphatic carbocycles. The van der Waals surface area contributed by atoms with Crippen molar-refractivity contribution in [2.45, 2.75) is 57.7 Å². The first-order valence-corrected chi connectivity index (χ1v) is 6.30. The number of nitrogens with one attached hydrogen (secondary N) is 1. The molecule has 7 heteroatoms. The van der Waals surface area contributed by atoms with Crippen molar-refractivity contribution >= 4 is 11.8 Å². The minimum atomic E-state index is -0.776. The first-order chi connectivity index (χ1) is 8.47. The van der Waals surface area contributed by atoms with E-state index in [4.69, 9.17) is 5.84 Å². The molecule has 0 aromatic rings. The van der Waals surface area contributed by atoms with Crippen LogP contribution >= 0.6 is 0 Å². The summed E-state index contributed by atoms with van der Waals surface area (Å²) in [5.74, 6) is 3.75. The molecule has 0 bridgehead atoms. The molecule has 1 aliphatic heterocycles. The fraction of sp³-hybridized carbons (Fsp3) is 0.833. The molecule has 1 saturated heterocycles. The molecule has 0 saturated carbocycles. The summed E-state index contributed by atoms with van der Waals surface area (Å²) < 4.78 is 0. The number of nitrogens with two attached hydrogens (primary N) is 1. The Bertz CT molecular complexity index is 361. The molecule has 4 N–H and O–H groups in total. The molecule has 0 aromatic carbocycles. The zero-order chi connectivity index (χ0) is 15.0. The number of likely N-dealkylation sites (N-methyl/N-ethyl adjacent to an activating group) is 1. The maximum atomic E-state index is 11.7. The van der Waals surface area contributed by atoms with Crippen LogP contribution in [0.4, 0.5) is 0 Å². The first-order valence-electron chi connectivity index (χ1n) is 6.30. The van der Waals surface area contributed by atoms with Crippen molar-refractivity contribution in [1.29, 1.82) is 0 Å². The van der Waals surface area contributed by atoms with Gasteiger partial charge in [0, 0.05) is 24.2 Å². The maximum absolute atomic E-state index is 11.7. The molecule has 2 amide bonds. The van der Waals surface area contributed by atoms with E-state index < -0.39 is 22.9 Å². The summed E-state index contributed by atoms with van der Waals surface area (Å²) in [7, 11) is 1.33. The van der Waals surface area contributed by atoms with Gasteiger partial charge in [-0.25, -0.2) is 5.84 Å². The zero-order valence-corrected chi connectivity index (χ0v) is 12.2. The fourth-order valence-electron chi connectivity index (χ4n) is 2.78. The minimum absolute atomic E-state index is 0.176. The molecule has 0 radical (unpaired) electrons. The van der Waals surface area contributed by atoms with Gasteiger partial charge in [-0.2, -0.15) is 5.06 Å². The Labute approximate surface area is 113 Å². The number of hydroxylamine groups is 2. The highest BCUT2D eigenvalue weighted by molar-refractivity contribution is 6.34. The van der Waals surface area contributed by atoms with Crippen LogP contribution in [0.5, 0.6) is 0 Å². The maximum Gasteiger partial charge on any atom is 0.325 e. The quantitative estimate of drug-likeness (QED) is 0.267. The highest BCUT2D eigenvalue weighted by Gasteiger charge is 2.45. The Morgan fingerprint density at radius 2 is 1.68 bits per heavy atom. The third kappa shape index (κ3) is 3.43. The Hall–Kier alpha value is -1.18. The number of hydrogen-bond donors (Lipinski definition) is 3. The van der Waals surface area contributed by atoms with Gasteiger partial charge >= 0.3 is 11.8 Å². The molecule has 0 aromatic heterocycles. The summed E-state index contributed by atoms with van der Waals surface area (Å²) in [5, 5.41) is 14.9. The first kappa shape index (κ1) is 15.9. The monoisotopic (exact) mass is 272 g/mol. The summed E-state index contributed by atoms with van der Waals surface area (Å²) in [4.78, 5) is 23.1. The second-order valence-corrected chi connectivity index (χ2v) is 6.43. The lowest BCUT2D eigenvalue weighted by Crippen LogP contribution is -2.63. The zero-order valence-electron chi connectivity index (χ0n) is 12.2. The van der Waals surface area contributed by atoms with Crippen molar-refractivity contribution in [3.63, 3.8) is 0 Å². The number of piperidine rings is 1. The summed E-state index contributed by atoms with van der Waals surface area (Å²) in [6, 6.07) is -0.176. The Morgan fingerprint density at radius 1 is 1.26 bits per heavy atom. The van der Waals surface area contributed by atoms with Crippen LogP contribution in [0.15, 0.2) is 0 Å². The van der Waals surface area contributed by atoms with E-state index in [-0.39, 0.29) is 6.04 Å². The number of amides is 2. The van der Waals surface area contributed by atoms with Crippen LogP contribution in [0.2, 0.25) is 0 Å². The number of nitrogens with zero attached hydrogens (tertiary/aromatic N) is 2. The van der Waals surface area contributed by atoms with Crippen molar-refractivity contribution in [3.05, 3.63) is 0 Å². The third-order valence-corrected chi connectivity index (χ3v) is 3.49. The molecule has 7 nitrogen and oxygen atoms in total. The molecule has 110 valence electrons. The van der Waals surface area contributed by atoms with Gasteiger partial charge in [0.25, 0.3) is 0 Å². The number of carbonyl (C=O) groups excluding carboxylic acids is 2. The molecule has 0 spiro atoms. The predicted molar refractivity (Wildman–Crippen MR) is 69.9 cm³/mol. The van der Waals surface area contributed by atoms with Crippen LogP contribution in [0.25, 0.3) is 0 Å².